The molecule has 1 aliphatic heterocycles. The molecule has 1 aliphatic rings. The summed E-state index contributed by atoms with van der Waals surface area (Å²) in [6, 6.07) is 11.5. The first-order chi connectivity index (χ1) is 14.7. The molecule has 2 aromatic rings. The van der Waals surface area contributed by atoms with Crippen molar-refractivity contribution in [2.24, 2.45) is 0 Å². The van der Waals surface area contributed by atoms with Crippen molar-refractivity contribution in [1.82, 2.24) is 9.21 Å². The third-order valence-corrected chi connectivity index (χ3v) is 7.61. The van der Waals surface area contributed by atoms with Gasteiger partial charge in [0, 0.05) is 44.9 Å². The van der Waals surface area contributed by atoms with E-state index in [1.807, 2.05) is 0 Å². The van der Waals surface area contributed by atoms with Gasteiger partial charge in [-0.25, -0.2) is 8.42 Å². The molecule has 0 aliphatic carbocycles. The van der Waals surface area contributed by atoms with E-state index in [2.05, 4.69) is 5.32 Å². The first-order valence-electron chi connectivity index (χ1n) is 9.47. The molecule has 0 aromatic heterocycles. The van der Waals surface area contributed by atoms with E-state index in [-0.39, 0.29) is 52.9 Å². The number of halogens is 2. The zero-order chi connectivity index (χ0) is 22.6. The summed E-state index contributed by atoms with van der Waals surface area (Å²) in [6.07, 6.45) is 3.13. The molecular formula is C21H21Cl2N3O4S. The highest BCUT2D eigenvalue weighted by Gasteiger charge is 2.31. The van der Waals surface area contributed by atoms with Gasteiger partial charge in [0.1, 0.15) is 4.90 Å². The number of rotatable bonds is 5. The minimum Gasteiger partial charge on any atom is -0.337 e. The SMILES string of the molecule is CC(=O)Nc1ccc(/C=C/C(=O)N2CCN(S(=O)(=O)c3cccc(Cl)c3Cl)CC2)cc1. The largest absolute Gasteiger partial charge is 0.337 e. The molecular weight excluding hydrogens is 461 g/mol. The molecule has 31 heavy (non-hydrogen) atoms. The van der Waals surface area contributed by atoms with E-state index in [9.17, 15) is 18.0 Å². The second kappa shape index (κ2) is 9.82. The summed E-state index contributed by atoms with van der Waals surface area (Å²) < 4.78 is 27.1. The van der Waals surface area contributed by atoms with Crippen LogP contribution in [0.15, 0.2) is 53.4 Å². The summed E-state index contributed by atoms with van der Waals surface area (Å²) in [5.74, 6) is -0.360. The van der Waals surface area contributed by atoms with Crippen molar-refractivity contribution in [2.75, 3.05) is 31.5 Å². The molecule has 2 aromatic carbocycles. The predicted molar refractivity (Wildman–Crippen MR) is 122 cm³/mol. The molecule has 0 spiro atoms. The van der Waals surface area contributed by atoms with Crippen LogP contribution in [0.2, 0.25) is 10.0 Å². The summed E-state index contributed by atoms with van der Waals surface area (Å²) in [5.41, 5.74) is 1.48. The Morgan fingerprint density at radius 2 is 1.65 bits per heavy atom. The molecule has 1 saturated heterocycles. The second-order valence-corrected chi connectivity index (χ2v) is 9.61. The smallest absolute Gasteiger partial charge is 0.246 e. The van der Waals surface area contributed by atoms with Gasteiger partial charge in [-0.05, 0) is 35.9 Å². The molecule has 0 saturated carbocycles. The second-order valence-electron chi connectivity index (χ2n) is 6.92. The summed E-state index contributed by atoms with van der Waals surface area (Å²) in [4.78, 5) is 25.1. The normalized spacial score (nSPS) is 15.3. The van der Waals surface area contributed by atoms with E-state index in [1.54, 1.807) is 35.2 Å². The number of anilines is 1. The van der Waals surface area contributed by atoms with Crippen molar-refractivity contribution in [1.29, 1.82) is 0 Å². The van der Waals surface area contributed by atoms with Crippen molar-refractivity contribution in [2.45, 2.75) is 11.8 Å². The Labute approximate surface area is 191 Å². The van der Waals surface area contributed by atoms with Crippen LogP contribution in [-0.2, 0) is 19.6 Å². The Hall–Kier alpha value is -2.39. The quantitative estimate of drug-likeness (QED) is 0.661. The van der Waals surface area contributed by atoms with Gasteiger partial charge in [-0.3, -0.25) is 9.59 Å². The van der Waals surface area contributed by atoms with Crippen LogP contribution < -0.4 is 5.32 Å². The Bertz CT molecular complexity index is 1110. The maximum Gasteiger partial charge on any atom is 0.246 e. The highest BCUT2D eigenvalue weighted by atomic mass is 35.5. The lowest BCUT2D eigenvalue weighted by Gasteiger charge is -2.33. The summed E-state index contributed by atoms with van der Waals surface area (Å²) in [5, 5.41) is 2.84. The van der Waals surface area contributed by atoms with E-state index < -0.39 is 10.0 Å². The Kier molecular flexibility index (Phi) is 7.38. The molecule has 0 atom stereocenters. The van der Waals surface area contributed by atoms with Crippen molar-refractivity contribution in [3.63, 3.8) is 0 Å². The molecule has 0 unspecified atom stereocenters. The van der Waals surface area contributed by atoms with Crippen LogP contribution in [0.4, 0.5) is 5.69 Å². The minimum atomic E-state index is -3.80. The fraction of sp³-hybridized carbons (Fsp3) is 0.238. The molecule has 2 amide bonds. The zero-order valence-corrected chi connectivity index (χ0v) is 19.0. The van der Waals surface area contributed by atoms with Gasteiger partial charge < -0.3 is 10.2 Å². The van der Waals surface area contributed by atoms with Gasteiger partial charge in [0.25, 0.3) is 0 Å². The van der Waals surface area contributed by atoms with Crippen LogP contribution >= 0.6 is 23.2 Å². The monoisotopic (exact) mass is 481 g/mol. The number of nitrogens with zero attached hydrogens (tertiary/aromatic N) is 2. The number of carbonyl (C=O) groups is 2. The molecule has 1 N–H and O–H groups in total. The maximum atomic E-state index is 12.9. The topological polar surface area (TPSA) is 86.8 Å². The summed E-state index contributed by atoms with van der Waals surface area (Å²) in [7, 11) is -3.80. The van der Waals surface area contributed by atoms with E-state index in [0.29, 0.717) is 5.69 Å². The molecule has 1 heterocycles. The van der Waals surface area contributed by atoms with Crippen LogP contribution in [0.1, 0.15) is 12.5 Å². The highest BCUT2D eigenvalue weighted by molar-refractivity contribution is 7.89. The number of hydrogen-bond donors (Lipinski definition) is 1. The maximum absolute atomic E-state index is 12.9. The third kappa shape index (κ3) is 5.65. The van der Waals surface area contributed by atoms with Gasteiger partial charge in [-0.2, -0.15) is 4.31 Å². The van der Waals surface area contributed by atoms with Crippen molar-refractivity contribution in [3.05, 3.63) is 64.1 Å². The molecule has 1 fully saturated rings. The van der Waals surface area contributed by atoms with Crippen molar-refractivity contribution in [3.8, 4) is 0 Å². The van der Waals surface area contributed by atoms with Crippen LogP contribution in [-0.4, -0.2) is 55.6 Å². The molecule has 0 bridgehead atoms. The summed E-state index contributed by atoms with van der Waals surface area (Å²) >= 11 is 12.0. The molecule has 0 radical (unpaired) electrons. The number of hydrogen-bond acceptors (Lipinski definition) is 4. The van der Waals surface area contributed by atoms with Crippen LogP contribution in [0.3, 0.4) is 0 Å². The lowest BCUT2D eigenvalue weighted by Crippen LogP contribution is -2.50. The number of sulfonamides is 1. The van der Waals surface area contributed by atoms with E-state index >= 15 is 0 Å². The first kappa shape index (κ1) is 23.3. The lowest BCUT2D eigenvalue weighted by atomic mass is 10.2. The van der Waals surface area contributed by atoms with Crippen LogP contribution in [0.5, 0.6) is 0 Å². The number of amides is 2. The van der Waals surface area contributed by atoms with E-state index in [0.717, 1.165) is 5.56 Å². The molecule has 7 nitrogen and oxygen atoms in total. The van der Waals surface area contributed by atoms with Crippen LogP contribution in [0.25, 0.3) is 6.08 Å². The van der Waals surface area contributed by atoms with Gasteiger partial charge in [0.15, 0.2) is 0 Å². The number of nitrogens with one attached hydrogen (secondary N) is 1. The van der Waals surface area contributed by atoms with Gasteiger partial charge >= 0.3 is 0 Å². The molecule has 164 valence electrons. The van der Waals surface area contributed by atoms with Crippen LogP contribution in [0, 0.1) is 0 Å². The van der Waals surface area contributed by atoms with Crippen molar-refractivity contribution >= 4 is 56.8 Å². The average molecular weight is 482 g/mol. The number of benzene rings is 2. The van der Waals surface area contributed by atoms with E-state index in [1.165, 1.54) is 35.5 Å². The van der Waals surface area contributed by atoms with E-state index in [4.69, 9.17) is 23.2 Å². The Morgan fingerprint density at radius 1 is 1.00 bits per heavy atom. The average Bonchev–Trinajstić information content (AvgIpc) is 2.74. The fourth-order valence-corrected chi connectivity index (χ4v) is 5.28. The first-order valence-corrected chi connectivity index (χ1v) is 11.7. The van der Waals surface area contributed by atoms with Gasteiger partial charge in [-0.15, -0.1) is 0 Å². The lowest BCUT2D eigenvalue weighted by molar-refractivity contribution is -0.127. The molecule has 3 rings (SSSR count). The summed E-state index contributed by atoms with van der Waals surface area (Å²) in [6.45, 7) is 2.29. The van der Waals surface area contributed by atoms with Gasteiger partial charge in [0.05, 0.1) is 10.0 Å². The molecule has 10 heteroatoms. The Balaban J connectivity index is 1.60. The van der Waals surface area contributed by atoms with Gasteiger partial charge in [-0.1, -0.05) is 41.4 Å². The van der Waals surface area contributed by atoms with Crippen molar-refractivity contribution < 1.29 is 18.0 Å². The Morgan fingerprint density at radius 3 is 2.26 bits per heavy atom. The number of carbonyl (C=O) groups excluding carboxylic acids is 2. The highest BCUT2D eigenvalue weighted by Crippen LogP contribution is 2.31. The van der Waals surface area contributed by atoms with Gasteiger partial charge in [0.2, 0.25) is 21.8 Å². The minimum absolute atomic E-state index is 0.00451. The number of piperazine rings is 1. The predicted octanol–water partition coefficient (Wildman–Crippen LogP) is 3.50. The zero-order valence-electron chi connectivity index (χ0n) is 16.7. The fourth-order valence-electron chi connectivity index (χ4n) is 3.12. The third-order valence-electron chi connectivity index (χ3n) is 4.73. The standard InChI is InChI=1S/C21H21Cl2N3O4S/c1-15(27)24-17-8-5-16(6-9-17)7-10-20(28)25-11-13-26(14-12-25)31(29,30)19-4-2-3-18(22)21(19)23/h2-10H,11-14H2,1H3,(H,24,27)/b10-7+.